The summed E-state index contributed by atoms with van der Waals surface area (Å²) < 4.78 is 12.7. The first kappa shape index (κ1) is 15.6. The summed E-state index contributed by atoms with van der Waals surface area (Å²) in [6.07, 6.45) is 2.61. The van der Waals surface area contributed by atoms with Crippen molar-refractivity contribution in [3.05, 3.63) is 53.0 Å². The second kappa shape index (κ2) is 5.88. The lowest BCUT2D eigenvalue weighted by molar-refractivity contribution is 0.100. The third-order valence-electron chi connectivity index (χ3n) is 4.74. The zero-order valence-corrected chi connectivity index (χ0v) is 14.4. The highest BCUT2D eigenvalue weighted by Crippen LogP contribution is 2.41. The standard InChI is InChI=1S/C19H19N3O3/c1-11-8-16-15(19-17(11)18(12(2)23)21-25-19)9-20-22(16)10-13-4-6-14(24-3)7-5-13/h4-7,9,11H,8,10H2,1-3H3. The molecule has 128 valence electrons. The van der Waals surface area contributed by atoms with Gasteiger partial charge in [-0.25, -0.2) is 0 Å². The smallest absolute Gasteiger partial charge is 0.181 e. The molecule has 1 aliphatic rings. The number of hydrogen-bond donors (Lipinski definition) is 0. The van der Waals surface area contributed by atoms with Crippen molar-refractivity contribution in [3.63, 3.8) is 0 Å². The average Bonchev–Trinajstić information content (AvgIpc) is 3.21. The summed E-state index contributed by atoms with van der Waals surface area (Å²) in [6.45, 7) is 4.29. The van der Waals surface area contributed by atoms with Gasteiger partial charge in [-0.1, -0.05) is 24.2 Å². The van der Waals surface area contributed by atoms with Crippen LogP contribution in [-0.4, -0.2) is 27.8 Å². The van der Waals surface area contributed by atoms with E-state index < -0.39 is 0 Å². The van der Waals surface area contributed by atoms with Crippen LogP contribution in [0.15, 0.2) is 35.0 Å². The van der Waals surface area contributed by atoms with Crippen molar-refractivity contribution in [2.75, 3.05) is 7.11 Å². The van der Waals surface area contributed by atoms with Gasteiger partial charge in [0.1, 0.15) is 5.75 Å². The fraction of sp³-hybridized carbons (Fsp3) is 0.316. The quantitative estimate of drug-likeness (QED) is 0.682. The second-order valence-electron chi connectivity index (χ2n) is 6.45. The van der Waals surface area contributed by atoms with Crippen molar-refractivity contribution in [2.45, 2.75) is 32.7 Å². The van der Waals surface area contributed by atoms with Crippen molar-refractivity contribution in [1.29, 1.82) is 0 Å². The Labute approximate surface area is 145 Å². The molecule has 1 unspecified atom stereocenters. The Morgan fingerprint density at radius 3 is 2.80 bits per heavy atom. The number of fused-ring (bicyclic) bond motifs is 3. The molecule has 25 heavy (non-hydrogen) atoms. The molecule has 1 aliphatic carbocycles. The monoisotopic (exact) mass is 337 g/mol. The first-order chi connectivity index (χ1) is 12.1. The number of benzene rings is 1. The highest BCUT2D eigenvalue weighted by atomic mass is 16.5. The Bertz CT molecular complexity index is 937. The van der Waals surface area contributed by atoms with E-state index in [1.165, 1.54) is 6.92 Å². The molecule has 6 nitrogen and oxygen atoms in total. The summed E-state index contributed by atoms with van der Waals surface area (Å²) in [6, 6.07) is 7.96. The molecule has 0 radical (unpaired) electrons. The number of ketones is 1. The Balaban J connectivity index is 1.70. The Hall–Kier alpha value is -2.89. The maximum Gasteiger partial charge on any atom is 0.181 e. The molecule has 6 heteroatoms. The van der Waals surface area contributed by atoms with Crippen molar-refractivity contribution < 1.29 is 14.1 Å². The van der Waals surface area contributed by atoms with Gasteiger partial charge >= 0.3 is 0 Å². The molecule has 2 heterocycles. The number of Topliss-reactive ketones (excluding diaryl/α,β-unsaturated/α-hetero) is 1. The molecule has 0 bridgehead atoms. The second-order valence-corrected chi connectivity index (χ2v) is 6.45. The van der Waals surface area contributed by atoms with Crippen LogP contribution in [0.2, 0.25) is 0 Å². The van der Waals surface area contributed by atoms with Gasteiger partial charge in [-0.15, -0.1) is 0 Å². The van der Waals surface area contributed by atoms with Gasteiger partial charge in [0.05, 0.1) is 31.1 Å². The summed E-state index contributed by atoms with van der Waals surface area (Å²) >= 11 is 0. The topological polar surface area (TPSA) is 70.2 Å². The molecular weight excluding hydrogens is 318 g/mol. The molecule has 3 aromatic rings. The maximum atomic E-state index is 11.8. The lowest BCUT2D eigenvalue weighted by Gasteiger charge is -2.19. The van der Waals surface area contributed by atoms with Crippen molar-refractivity contribution in [3.8, 4) is 17.1 Å². The van der Waals surface area contributed by atoms with E-state index in [0.29, 0.717) is 18.0 Å². The Morgan fingerprint density at radius 2 is 2.12 bits per heavy atom. The number of hydrogen-bond acceptors (Lipinski definition) is 5. The molecule has 0 saturated carbocycles. The normalized spacial score (nSPS) is 15.6. The number of nitrogens with zero attached hydrogens (tertiary/aromatic N) is 3. The molecule has 1 aromatic carbocycles. The number of carbonyl (C=O) groups is 1. The molecule has 0 fully saturated rings. The number of carbonyl (C=O) groups excluding carboxylic acids is 1. The Kier molecular flexibility index (Phi) is 3.67. The minimum atomic E-state index is -0.0640. The number of methoxy groups -OCH3 is 1. The molecule has 4 rings (SSSR count). The van der Waals surface area contributed by atoms with E-state index in [0.717, 1.165) is 34.6 Å². The fourth-order valence-electron chi connectivity index (χ4n) is 3.45. The molecular formula is C19H19N3O3. The minimum absolute atomic E-state index is 0.0640. The van der Waals surface area contributed by atoms with Crippen LogP contribution >= 0.6 is 0 Å². The van der Waals surface area contributed by atoms with Gasteiger partial charge in [0.25, 0.3) is 0 Å². The molecule has 0 N–H and O–H groups in total. The van der Waals surface area contributed by atoms with Crippen LogP contribution in [0.25, 0.3) is 11.3 Å². The molecule has 2 aromatic heterocycles. The lowest BCUT2D eigenvalue weighted by Crippen LogP contribution is -2.14. The molecule has 0 saturated heterocycles. The molecule has 0 amide bonds. The maximum absolute atomic E-state index is 11.8. The van der Waals surface area contributed by atoms with E-state index in [9.17, 15) is 4.79 Å². The van der Waals surface area contributed by atoms with Gasteiger partial charge in [0, 0.05) is 12.5 Å². The van der Waals surface area contributed by atoms with Gasteiger partial charge in [0.2, 0.25) is 0 Å². The van der Waals surface area contributed by atoms with Crippen LogP contribution in [-0.2, 0) is 13.0 Å². The van der Waals surface area contributed by atoms with Crippen LogP contribution in [0.3, 0.4) is 0 Å². The van der Waals surface area contributed by atoms with Crippen molar-refractivity contribution >= 4 is 5.78 Å². The number of aromatic nitrogens is 3. The lowest BCUT2D eigenvalue weighted by atomic mass is 9.85. The average molecular weight is 337 g/mol. The first-order valence-electron chi connectivity index (χ1n) is 8.27. The van der Waals surface area contributed by atoms with Crippen molar-refractivity contribution in [2.24, 2.45) is 0 Å². The van der Waals surface area contributed by atoms with Crippen LogP contribution < -0.4 is 4.74 Å². The summed E-state index contributed by atoms with van der Waals surface area (Å²) in [7, 11) is 1.66. The van der Waals surface area contributed by atoms with Crippen LogP contribution in [0.5, 0.6) is 5.75 Å². The van der Waals surface area contributed by atoms with Crippen LogP contribution in [0.4, 0.5) is 0 Å². The third kappa shape index (κ3) is 2.54. The molecule has 0 spiro atoms. The molecule has 1 atom stereocenters. The van der Waals surface area contributed by atoms with Gasteiger partial charge in [0.15, 0.2) is 17.2 Å². The zero-order chi connectivity index (χ0) is 17.6. The fourth-order valence-corrected chi connectivity index (χ4v) is 3.45. The minimum Gasteiger partial charge on any atom is -0.497 e. The van der Waals surface area contributed by atoms with E-state index in [1.807, 2.05) is 28.9 Å². The van der Waals surface area contributed by atoms with E-state index in [-0.39, 0.29) is 11.7 Å². The predicted octanol–water partition coefficient (Wildman–Crippen LogP) is 3.46. The van der Waals surface area contributed by atoms with Crippen LogP contribution in [0.1, 0.15) is 47.1 Å². The highest BCUT2D eigenvalue weighted by Gasteiger charge is 2.33. The van der Waals surface area contributed by atoms with Crippen LogP contribution in [0, 0.1) is 0 Å². The predicted molar refractivity (Wildman–Crippen MR) is 91.9 cm³/mol. The molecule has 0 aliphatic heterocycles. The van der Waals surface area contributed by atoms with Gasteiger partial charge in [-0.2, -0.15) is 5.10 Å². The highest BCUT2D eigenvalue weighted by molar-refractivity contribution is 5.95. The van der Waals surface area contributed by atoms with E-state index >= 15 is 0 Å². The summed E-state index contributed by atoms with van der Waals surface area (Å²) in [5.41, 5.74) is 4.54. The van der Waals surface area contributed by atoms with Crippen molar-refractivity contribution in [1.82, 2.24) is 14.9 Å². The van der Waals surface area contributed by atoms with E-state index in [2.05, 4.69) is 17.2 Å². The van der Waals surface area contributed by atoms with E-state index in [4.69, 9.17) is 9.26 Å². The summed E-state index contributed by atoms with van der Waals surface area (Å²) in [5, 5.41) is 8.52. The SMILES string of the molecule is COc1ccc(Cn2ncc3c2CC(C)c2c(C(C)=O)noc2-3)cc1. The third-order valence-corrected chi connectivity index (χ3v) is 4.74. The Morgan fingerprint density at radius 1 is 1.36 bits per heavy atom. The van der Waals surface area contributed by atoms with Gasteiger partial charge in [-0.05, 0) is 30.0 Å². The van der Waals surface area contributed by atoms with Gasteiger partial charge < -0.3 is 9.26 Å². The number of rotatable bonds is 4. The van der Waals surface area contributed by atoms with E-state index in [1.54, 1.807) is 13.3 Å². The first-order valence-corrected chi connectivity index (χ1v) is 8.27. The van der Waals surface area contributed by atoms with Gasteiger partial charge in [-0.3, -0.25) is 9.48 Å². The largest absolute Gasteiger partial charge is 0.497 e. The number of ether oxygens (including phenoxy) is 1. The summed E-state index contributed by atoms with van der Waals surface area (Å²) in [4.78, 5) is 11.8. The summed E-state index contributed by atoms with van der Waals surface area (Å²) in [5.74, 6) is 1.62. The zero-order valence-electron chi connectivity index (χ0n) is 14.4.